The van der Waals surface area contributed by atoms with Crippen LogP contribution in [0.4, 0.5) is 0 Å². The SMILES string of the molecule is C=CCC(=O)N1CCC[C@@]2(CCC(=O)N(Cc3cccnc3)C2)C1. The minimum atomic E-state index is 0.0468. The van der Waals surface area contributed by atoms with Gasteiger partial charge in [-0.05, 0) is 30.9 Å². The van der Waals surface area contributed by atoms with Crippen molar-refractivity contribution in [3.63, 3.8) is 0 Å². The van der Waals surface area contributed by atoms with Crippen LogP contribution in [0.25, 0.3) is 0 Å². The molecule has 0 aliphatic carbocycles. The van der Waals surface area contributed by atoms with Gasteiger partial charge in [0.1, 0.15) is 0 Å². The second-order valence-corrected chi connectivity index (χ2v) is 7.02. The van der Waals surface area contributed by atoms with E-state index in [1.54, 1.807) is 12.3 Å². The van der Waals surface area contributed by atoms with Crippen LogP contribution in [-0.4, -0.2) is 46.2 Å². The molecule has 2 amide bonds. The third-order valence-corrected chi connectivity index (χ3v) is 5.18. The lowest BCUT2D eigenvalue weighted by molar-refractivity contribution is -0.143. The van der Waals surface area contributed by atoms with E-state index in [2.05, 4.69) is 11.6 Å². The van der Waals surface area contributed by atoms with E-state index >= 15 is 0 Å². The van der Waals surface area contributed by atoms with Crippen molar-refractivity contribution in [2.75, 3.05) is 19.6 Å². The summed E-state index contributed by atoms with van der Waals surface area (Å²) in [5, 5.41) is 0. The highest BCUT2D eigenvalue weighted by Crippen LogP contribution is 2.39. The number of hydrogen-bond donors (Lipinski definition) is 0. The van der Waals surface area contributed by atoms with E-state index in [9.17, 15) is 9.59 Å². The molecule has 0 saturated carbocycles. The van der Waals surface area contributed by atoms with Crippen molar-refractivity contribution >= 4 is 11.8 Å². The molecule has 24 heavy (non-hydrogen) atoms. The Kier molecular flexibility index (Phi) is 4.97. The number of hydrogen-bond acceptors (Lipinski definition) is 3. The molecule has 3 heterocycles. The van der Waals surface area contributed by atoms with Crippen molar-refractivity contribution in [1.29, 1.82) is 0 Å². The third-order valence-electron chi connectivity index (χ3n) is 5.18. The second kappa shape index (κ2) is 7.16. The zero-order chi connectivity index (χ0) is 17.0. The first-order valence-electron chi connectivity index (χ1n) is 8.67. The van der Waals surface area contributed by atoms with Gasteiger partial charge in [-0.2, -0.15) is 0 Å². The summed E-state index contributed by atoms with van der Waals surface area (Å²) in [4.78, 5) is 32.6. The van der Waals surface area contributed by atoms with E-state index in [1.165, 1.54) is 0 Å². The van der Waals surface area contributed by atoms with E-state index in [1.807, 2.05) is 28.1 Å². The second-order valence-electron chi connectivity index (χ2n) is 7.02. The van der Waals surface area contributed by atoms with Gasteiger partial charge in [0.05, 0.1) is 0 Å². The first kappa shape index (κ1) is 16.7. The van der Waals surface area contributed by atoms with E-state index in [-0.39, 0.29) is 17.2 Å². The number of carbonyl (C=O) groups is 2. The molecule has 5 heteroatoms. The molecule has 3 rings (SSSR count). The number of nitrogens with zero attached hydrogens (tertiary/aromatic N) is 3. The van der Waals surface area contributed by atoms with Crippen LogP contribution in [0.15, 0.2) is 37.2 Å². The molecule has 0 bridgehead atoms. The fourth-order valence-electron chi connectivity index (χ4n) is 3.96. The summed E-state index contributed by atoms with van der Waals surface area (Å²) < 4.78 is 0. The molecule has 5 nitrogen and oxygen atoms in total. The largest absolute Gasteiger partial charge is 0.342 e. The van der Waals surface area contributed by atoms with E-state index < -0.39 is 0 Å². The van der Waals surface area contributed by atoms with Crippen LogP contribution in [0.1, 0.15) is 37.7 Å². The molecule has 1 atom stereocenters. The molecule has 0 radical (unpaired) electrons. The Labute approximate surface area is 143 Å². The first-order valence-corrected chi connectivity index (χ1v) is 8.67. The fourth-order valence-corrected chi connectivity index (χ4v) is 3.96. The van der Waals surface area contributed by atoms with Crippen molar-refractivity contribution in [2.45, 2.75) is 38.6 Å². The standard InChI is InChI=1S/C19H25N3O2/c1-2-5-17(23)21-11-4-8-19(14-21)9-7-18(24)22(15-19)13-16-6-3-10-20-12-16/h2-3,6,10,12H,1,4-5,7-9,11,13-15H2/t19-/m1/s1. The van der Waals surface area contributed by atoms with Gasteiger partial charge in [0, 0.05) is 56.8 Å². The fraction of sp³-hybridized carbons (Fsp3) is 0.526. The molecule has 2 aliphatic heterocycles. The summed E-state index contributed by atoms with van der Waals surface area (Å²) in [6, 6.07) is 3.90. The maximum absolute atomic E-state index is 12.4. The minimum absolute atomic E-state index is 0.0468. The number of amides is 2. The minimum Gasteiger partial charge on any atom is -0.342 e. The Bertz CT molecular complexity index is 616. The highest BCUT2D eigenvalue weighted by atomic mass is 16.2. The van der Waals surface area contributed by atoms with Crippen molar-refractivity contribution in [1.82, 2.24) is 14.8 Å². The molecule has 1 aromatic heterocycles. The normalized spacial score (nSPS) is 24.2. The molecule has 128 valence electrons. The Morgan fingerprint density at radius 3 is 3.00 bits per heavy atom. The lowest BCUT2D eigenvalue weighted by Gasteiger charge is -2.48. The maximum Gasteiger partial charge on any atom is 0.226 e. The summed E-state index contributed by atoms with van der Waals surface area (Å²) in [5.41, 5.74) is 1.10. The number of rotatable bonds is 4. The summed E-state index contributed by atoms with van der Waals surface area (Å²) in [7, 11) is 0. The Morgan fingerprint density at radius 1 is 1.38 bits per heavy atom. The van der Waals surface area contributed by atoms with Crippen LogP contribution in [-0.2, 0) is 16.1 Å². The number of carbonyl (C=O) groups excluding carboxylic acids is 2. The van der Waals surface area contributed by atoms with E-state index in [0.29, 0.717) is 19.4 Å². The number of aromatic nitrogens is 1. The highest BCUT2D eigenvalue weighted by Gasteiger charge is 2.42. The van der Waals surface area contributed by atoms with Gasteiger partial charge in [0.25, 0.3) is 0 Å². The van der Waals surface area contributed by atoms with Crippen LogP contribution >= 0.6 is 0 Å². The summed E-state index contributed by atoms with van der Waals surface area (Å²) in [6.45, 7) is 6.59. The molecule has 2 aliphatic rings. The summed E-state index contributed by atoms with van der Waals surface area (Å²) in [6.07, 6.45) is 9.18. The monoisotopic (exact) mass is 327 g/mol. The molecular formula is C19H25N3O2. The van der Waals surface area contributed by atoms with Gasteiger partial charge in [0.2, 0.25) is 11.8 Å². The smallest absolute Gasteiger partial charge is 0.226 e. The van der Waals surface area contributed by atoms with Crippen molar-refractivity contribution in [2.24, 2.45) is 5.41 Å². The molecule has 0 N–H and O–H groups in total. The summed E-state index contributed by atoms with van der Waals surface area (Å²) >= 11 is 0. The quantitative estimate of drug-likeness (QED) is 0.798. The predicted octanol–water partition coefficient (Wildman–Crippen LogP) is 2.39. The van der Waals surface area contributed by atoms with Gasteiger partial charge in [-0.15, -0.1) is 6.58 Å². The van der Waals surface area contributed by atoms with Crippen molar-refractivity contribution < 1.29 is 9.59 Å². The molecule has 0 aromatic carbocycles. The molecule has 1 spiro atoms. The zero-order valence-electron chi connectivity index (χ0n) is 14.1. The molecule has 2 saturated heterocycles. The van der Waals surface area contributed by atoms with Crippen molar-refractivity contribution in [3.05, 3.63) is 42.7 Å². The predicted molar refractivity (Wildman–Crippen MR) is 91.9 cm³/mol. The van der Waals surface area contributed by atoms with Crippen LogP contribution in [0.2, 0.25) is 0 Å². The van der Waals surface area contributed by atoms with Crippen molar-refractivity contribution in [3.8, 4) is 0 Å². The average Bonchev–Trinajstić information content (AvgIpc) is 2.60. The molecule has 0 unspecified atom stereocenters. The third kappa shape index (κ3) is 3.66. The van der Waals surface area contributed by atoms with Gasteiger partial charge < -0.3 is 9.80 Å². The lowest BCUT2D eigenvalue weighted by Crippen LogP contribution is -2.54. The van der Waals surface area contributed by atoms with Gasteiger partial charge in [-0.25, -0.2) is 0 Å². The van der Waals surface area contributed by atoms with Gasteiger partial charge in [-0.1, -0.05) is 12.1 Å². The number of piperidine rings is 2. The van der Waals surface area contributed by atoms with Gasteiger partial charge in [0.15, 0.2) is 0 Å². The zero-order valence-corrected chi connectivity index (χ0v) is 14.1. The Hall–Kier alpha value is -2.17. The molecular weight excluding hydrogens is 302 g/mol. The van der Waals surface area contributed by atoms with Gasteiger partial charge in [-0.3, -0.25) is 14.6 Å². The Morgan fingerprint density at radius 2 is 2.25 bits per heavy atom. The van der Waals surface area contributed by atoms with Crippen LogP contribution in [0.3, 0.4) is 0 Å². The lowest BCUT2D eigenvalue weighted by atomic mass is 9.73. The summed E-state index contributed by atoms with van der Waals surface area (Å²) in [5.74, 6) is 0.360. The average molecular weight is 327 g/mol. The Balaban J connectivity index is 1.70. The first-order chi connectivity index (χ1) is 11.6. The number of likely N-dealkylation sites (tertiary alicyclic amines) is 2. The van der Waals surface area contributed by atoms with E-state index in [0.717, 1.165) is 44.5 Å². The number of pyridine rings is 1. The maximum atomic E-state index is 12.4. The van der Waals surface area contributed by atoms with Crippen LogP contribution < -0.4 is 0 Å². The highest BCUT2D eigenvalue weighted by molar-refractivity contribution is 5.78. The molecule has 2 fully saturated rings. The van der Waals surface area contributed by atoms with E-state index in [4.69, 9.17) is 0 Å². The topological polar surface area (TPSA) is 53.5 Å². The van der Waals surface area contributed by atoms with Crippen LogP contribution in [0, 0.1) is 5.41 Å². The molecule has 1 aromatic rings. The van der Waals surface area contributed by atoms with Gasteiger partial charge >= 0.3 is 0 Å². The van der Waals surface area contributed by atoms with Crippen LogP contribution in [0.5, 0.6) is 0 Å².